The first-order valence-electron chi connectivity index (χ1n) is 8.17. The van der Waals surface area contributed by atoms with E-state index >= 15 is 0 Å². The summed E-state index contributed by atoms with van der Waals surface area (Å²) in [5, 5.41) is 9.82. The van der Waals surface area contributed by atoms with Crippen molar-refractivity contribution >= 4 is 28.9 Å². The Hall–Kier alpha value is -2.66. The third-order valence-electron chi connectivity index (χ3n) is 4.32. The number of hydrogen-bond donors (Lipinski definition) is 3. The standard InChI is InChI=1S/C20H21N3OS/c1-12-8-10-15(11-9-12)18-17(14(3)21-20(25)23-18)19(24)22-16-7-5-4-6-13(16)2/h4-11,18H,1-3H3,(H,22,24)(H2,21,23,25). The number of anilines is 1. The number of nitrogens with one attached hydrogen (secondary N) is 3. The van der Waals surface area contributed by atoms with E-state index < -0.39 is 0 Å². The Bertz CT molecular complexity index is 855. The Morgan fingerprint density at radius 3 is 2.40 bits per heavy atom. The number of thiocarbonyl (C=S) groups is 1. The van der Waals surface area contributed by atoms with Gasteiger partial charge in [0.15, 0.2) is 5.11 Å². The fraction of sp³-hybridized carbons (Fsp3) is 0.200. The van der Waals surface area contributed by atoms with Crippen LogP contribution in [0.2, 0.25) is 0 Å². The molecule has 1 aliphatic rings. The van der Waals surface area contributed by atoms with Crippen LogP contribution in [0.15, 0.2) is 59.8 Å². The predicted octanol–water partition coefficient (Wildman–Crippen LogP) is 3.73. The van der Waals surface area contributed by atoms with E-state index in [0.717, 1.165) is 22.5 Å². The molecule has 4 nitrogen and oxygen atoms in total. The molecule has 0 aromatic heterocycles. The molecule has 1 amide bonds. The largest absolute Gasteiger partial charge is 0.351 e. The summed E-state index contributed by atoms with van der Waals surface area (Å²) >= 11 is 5.29. The normalized spacial score (nSPS) is 16.9. The monoisotopic (exact) mass is 351 g/mol. The third kappa shape index (κ3) is 3.72. The summed E-state index contributed by atoms with van der Waals surface area (Å²) in [6.07, 6.45) is 0. The van der Waals surface area contributed by atoms with Gasteiger partial charge in [0.25, 0.3) is 5.91 Å². The van der Waals surface area contributed by atoms with Crippen molar-refractivity contribution in [2.75, 3.05) is 5.32 Å². The number of allylic oxidation sites excluding steroid dienone is 1. The van der Waals surface area contributed by atoms with E-state index in [1.54, 1.807) is 0 Å². The number of carbonyl (C=O) groups is 1. The summed E-state index contributed by atoms with van der Waals surface area (Å²) in [5.41, 5.74) is 5.41. The van der Waals surface area contributed by atoms with E-state index in [9.17, 15) is 4.79 Å². The lowest BCUT2D eigenvalue weighted by atomic mass is 9.94. The van der Waals surface area contributed by atoms with Gasteiger partial charge in [-0.25, -0.2) is 0 Å². The van der Waals surface area contributed by atoms with Crippen LogP contribution in [0, 0.1) is 13.8 Å². The number of para-hydroxylation sites is 1. The van der Waals surface area contributed by atoms with Gasteiger partial charge in [-0.1, -0.05) is 48.0 Å². The molecule has 1 atom stereocenters. The van der Waals surface area contributed by atoms with Crippen LogP contribution in [-0.2, 0) is 4.79 Å². The molecule has 5 heteroatoms. The van der Waals surface area contributed by atoms with Gasteiger partial charge in [-0.2, -0.15) is 0 Å². The summed E-state index contributed by atoms with van der Waals surface area (Å²) in [6, 6.07) is 15.6. The van der Waals surface area contributed by atoms with Gasteiger partial charge in [0, 0.05) is 11.4 Å². The Morgan fingerprint density at radius 1 is 1.04 bits per heavy atom. The van der Waals surface area contributed by atoms with Gasteiger partial charge < -0.3 is 16.0 Å². The molecule has 0 bridgehead atoms. The smallest absolute Gasteiger partial charge is 0.255 e. The van der Waals surface area contributed by atoms with Gasteiger partial charge in [-0.05, 0) is 50.2 Å². The lowest BCUT2D eigenvalue weighted by molar-refractivity contribution is -0.113. The molecule has 2 aromatic carbocycles. The molecule has 1 heterocycles. The van der Waals surface area contributed by atoms with E-state index in [0.29, 0.717) is 10.7 Å². The van der Waals surface area contributed by atoms with E-state index in [4.69, 9.17) is 12.2 Å². The molecule has 0 spiro atoms. The van der Waals surface area contributed by atoms with Crippen molar-refractivity contribution in [3.05, 3.63) is 76.5 Å². The van der Waals surface area contributed by atoms with Gasteiger partial charge in [-0.3, -0.25) is 4.79 Å². The fourth-order valence-electron chi connectivity index (χ4n) is 2.91. The molecule has 3 rings (SSSR count). The minimum Gasteiger partial charge on any atom is -0.351 e. The van der Waals surface area contributed by atoms with Crippen molar-refractivity contribution in [1.29, 1.82) is 0 Å². The second kappa shape index (κ2) is 7.07. The first-order valence-corrected chi connectivity index (χ1v) is 8.58. The highest BCUT2D eigenvalue weighted by Gasteiger charge is 2.29. The Balaban J connectivity index is 1.96. The van der Waals surface area contributed by atoms with Crippen LogP contribution in [0.25, 0.3) is 0 Å². The molecule has 0 fully saturated rings. The van der Waals surface area contributed by atoms with Crippen LogP contribution in [0.1, 0.15) is 29.7 Å². The SMILES string of the molecule is CC1=C(C(=O)Nc2ccccc2C)C(c2ccc(C)cc2)NC(=S)N1. The van der Waals surface area contributed by atoms with Crippen molar-refractivity contribution in [3.63, 3.8) is 0 Å². The zero-order valence-electron chi connectivity index (χ0n) is 14.5. The molecule has 0 saturated heterocycles. The minimum atomic E-state index is -0.279. The Morgan fingerprint density at radius 2 is 1.72 bits per heavy atom. The first kappa shape index (κ1) is 17.2. The zero-order valence-corrected chi connectivity index (χ0v) is 15.3. The highest BCUT2D eigenvalue weighted by Crippen LogP contribution is 2.28. The highest BCUT2D eigenvalue weighted by atomic mass is 32.1. The summed E-state index contributed by atoms with van der Waals surface area (Å²) < 4.78 is 0. The van der Waals surface area contributed by atoms with E-state index in [2.05, 4.69) is 16.0 Å². The lowest BCUT2D eigenvalue weighted by Crippen LogP contribution is -2.45. The van der Waals surface area contributed by atoms with Gasteiger partial charge >= 0.3 is 0 Å². The third-order valence-corrected chi connectivity index (χ3v) is 4.54. The van der Waals surface area contributed by atoms with E-state index in [1.165, 1.54) is 5.56 Å². The van der Waals surface area contributed by atoms with Gasteiger partial charge in [-0.15, -0.1) is 0 Å². The maximum atomic E-state index is 13.0. The summed E-state index contributed by atoms with van der Waals surface area (Å²) in [5.74, 6) is -0.139. The summed E-state index contributed by atoms with van der Waals surface area (Å²) in [6.45, 7) is 5.89. The molecular formula is C20H21N3OS. The fourth-order valence-corrected chi connectivity index (χ4v) is 3.18. The first-order chi connectivity index (χ1) is 12.0. The van der Waals surface area contributed by atoms with Gasteiger partial charge in [0.05, 0.1) is 11.6 Å². The molecule has 0 saturated carbocycles. The maximum Gasteiger partial charge on any atom is 0.255 e. The summed E-state index contributed by atoms with van der Waals surface area (Å²) in [4.78, 5) is 13.0. The average molecular weight is 351 g/mol. The molecule has 1 unspecified atom stereocenters. The molecule has 3 N–H and O–H groups in total. The molecule has 0 radical (unpaired) electrons. The maximum absolute atomic E-state index is 13.0. The van der Waals surface area contributed by atoms with Crippen LogP contribution in [-0.4, -0.2) is 11.0 Å². The Labute approximate surface area is 153 Å². The van der Waals surface area contributed by atoms with Crippen LogP contribution in [0.4, 0.5) is 5.69 Å². The molecule has 2 aromatic rings. The second-order valence-electron chi connectivity index (χ2n) is 6.25. The van der Waals surface area contributed by atoms with Crippen LogP contribution in [0.3, 0.4) is 0 Å². The predicted molar refractivity (Wildman–Crippen MR) is 105 cm³/mol. The van der Waals surface area contributed by atoms with Crippen molar-refractivity contribution in [1.82, 2.24) is 10.6 Å². The summed E-state index contributed by atoms with van der Waals surface area (Å²) in [7, 11) is 0. The number of aryl methyl sites for hydroxylation is 2. The van der Waals surface area contributed by atoms with Crippen molar-refractivity contribution < 1.29 is 4.79 Å². The highest BCUT2D eigenvalue weighted by molar-refractivity contribution is 7.80. The second-order valence-corrected chi connectivity index (χ2v) is 6.66. The van der Waals surface area contributed by atoms with Crippen LogP contribution >= 0.6 is 12.2 Å². The number of rotatable bonds is 3. The molecular weight excluding hydrogens is 330 g/mol. The van der Waals surface area contributed by atoms with Crippen molar-refractivity contribution in [2.24, 2.45) is 0 Å². The van der Waals surface area contributed by atoms with Crippen LogP contribution in [0.5, 0.6) is 0 Å². The minimum absolute atomic E-state index is 0.139. The average Bonchev–Trinajstić information content (AvgIpc) is 2.57. The molecule has 25 heavy (non-hydrogen) atoms. The van der Waals surface area contributed by atoms with Gasteiger partial charge in [0.1, 0.15) is 0 Å². The van der Waals surface area contributed by atoms with E-state index in [1.807, 2.05) is 69.3 Å². The van der Waals surface area contributed by atoms with Crippen molar-refractivity contribution in [3.8, 4) is 0 Å². The zero-order chi connectivity index (χ0) is 18.0. The molecule has 1 aliphatic heterocycles. The van der Waals surface area contributed by atoms with Gasteiger partial charge in [0.2, 0.25) is 0 Å². The number of amides is 1. The van der Waals surface area contributed by atoms with Crippen molar-refractivity contribution in [2.45, 2.75) is 26.8 Å². The quantitative estimate of drug-likeness (QED) is 0.738. The number of hydrogen-bond acceptors (Lipinski definition) is 2. The lowest BCUT2D eigenvalue weighted by Gasteiger charge is -2.30. The molecule has 128 valence electrons. The van der Waals surface area contributed by atoms with E-state index in [-0.39, 0.29) is 11.9 Å². The van der Waals surface area contributed by atoms with Crippen LogP contribution < -0.4 is 16.0 Å². The Kier molecular flexibility index (Phi) is 4.86. The molecule has 0 aliphatic carbocycles. The number of benzene rings is 2. The topological polar surface area (TPSA) is 53.2 Å². The number of carbonyl (C=O) groups excluding carboxylic acids is 1.